The van der Waals surface area contributed by atoms with Gasteiger partial charge in [-0.15, -0.1) is 5.10 Å². The van der Waals surface area contributed by atoms with E-state index in [4.69, 9.17) is 10.2 Å². The molecule has 2 N–H and O–H groups in total. The number of nitrogen functional groups attached to an aromatic ring is 1. The van der Waals surface area contributed by atoms with E-state index < -0.39 is 0 Å². The van der Waals surface area contributed by atoms with E-state index in [9.17, 15) is 0 Å². The van der Waals surface area contributed by atoms with E-state index in [1.165, 1.54) is 0 Å². The van der Waals surface area contributed by atoms with Crippen LogP contribution < -0.4 is 10.6 Å². The Morgan fingerprint density at radius 2 is 2.07 bits per heavy atom. The molecule has 5 nitrogen and oxygen atoms in total. The summed E-state index contributed by atoms with van der Waals surface area (Å²) < 4.78 is 5.43. The normalized spacial score (nSPS) is 10.3. The van der Waals surface area contributed by atoms with Gasteiger partial charge in [-0.3, -0.25) is 0 Å². The molecule has 1 aromatic heterocycles. The van der Waals surface area contributed by atoms with E-state index in [1.54, 1.807) is 11.0 Å². The minimum Gasteiger partial charge on any atom is -0.403 e. The topological polar surface area (TPSA) is 68.2 Å². The van der Waals surface area contributed by atoms with Crippen LogP contribution in [0.2, 0.25) is 0 Å². The van der Waals surface area contributed by atoms with Gasteiger partial charge in [0.15, 0.2) is 0 Å². The maximum Gasteiger partial charge on any atom is 0.317 e. The van der Waals surface area contributed by atoms with Crippen molar-refractivity contribution in [3.05, 3.63) is 24.3 Å². The first kappa shape index (κ1) is 9.51. The zero-order valence-electron chi connectivity index (χ0n) is 8.64. The minimum atomic E-state index is 0.478. The van der Waals surface area contributed by atoms with Crippen LogP contribution in [-0.4, -0.2) is 24.3 Å². The molecule has 0 unspecified atom stereocenters. The number of hydrogen-bond acceptors (Lipinski definition) is 5. The van der Waals surface area contributed by atoms with Crippen molar-refractivity contribution in [1.29, 1.82) is 0 Å². The summed E-state index contributed by atoms with van der Waals surface area (Å²) in [7, 11) is 3.69. The van der Waals surface area contributed by atoms with Crippen LogP contribution in [0.3, 0.4) is 0 Å². The van der Waals surface area contributed by atoms with Crippen molar-refractivity contribution in [2.24, 2.45) is 0 Å². The molecule has 5 heteroatoms. The van der Waals surface area contributed by atoms with E-state index >= 15 is 0 Å². The van der Waals surface area contributed by atoms with Gasteiger partial charge in [0, 0.05) is 25.3 Å². The average molecular weight is 204 g/mol. The maximum atomic E-state index is 5.66. The lowest BCUT2D eigenvalue weighted by molar-refractivity contribution is 0.566. The summed E-state index contributed by atoms with van der Waals surface area (Å²) in [6.07, 6.45) is 0. The zero-order chi connectivity index (χ0) is 10.8. The third kappa shape index (κ3) is 1.90. The van der Waals surface area contributed by atoms with Crippen molar-refractivity contribution >= 4 is 11.7 Å². The van der Waals surface area contributed by atoms with E-state index in [2.05, 4.69) is 10.2 Å². The van der Waals surface area contributed by atoms with Crippen LogP contribution in [0.5, 0.6) is 0 Å². The molecule has 0 saturated carbocycles. The number of rotatable bonds is 2. The molecule has 1 aromatic carbocycles. The maximum absolute atomic E-state index is 5.66. The van der Waals surface area contributed by atoms with Gasteiger partial charge in [-0.1, -0.05) is 11.2 Å². The van der Waals surface area contributed by atoms with Gasteiger partial charge in [0.1, 0.15) is 0 Å². The molecular weight excluding hydrogens is 192 g/mol. The number of nitrogens with zero attached hydrogens (tertiary/aromatic N) is 3. The molecule has 0 spiro atoms. The quantitative estimate of drug-likeness (QED) is 0.748. The minimum absolute atomic E-state index is 0.478. The number of benzene rings is 1. The fourth-order valence-electron chi connectivity index (χ4n) is 1.18. The fraction of sp³-hybridized carbons (Fsp3) is 0.200. The molecular formula is C10H12N4O. The number of anilines is 2. The highest BCUT2D eigenvalue weighted by Gasteiger charge is 2.09. The summed E-state index contributed by atoms with van der Waals surface area (Å²) >= 11 is 0. The molecule has 0 atom stereocenters. The van der Waals surface area contributed by atoms with Crippen molar-refractivity contribution in [3.8, 4) is 11.5 Å². The van der Waals surface area contributed by atoms with Gasteiger partial charge < -0.3 is 15.1 Å². The first-order valence-corrected chi connectivity index (χ1v) is 4.53. The molecule has 15 heavy (non-hydrogen) atoms. The largest absolute Gasteiger partial charge is 0.403 e. The van der Waals surface area contributed by atoms with Gasteiger partial charge in [-0.2, -0.15) is 0 Å². The second kappa shape index (κ2) is 3.61. The predicted octanol–water partition coefficient (Wildman–Crippen LogP) is 1.38. The van der Waals surface area contributed by atoms with Crippen molar-refractivity contribution < 1.29 is 4.42 Å². The second-order valence-corrected chi connectivity index (χ2v) is 3.41. The predicted molar refractivity (Wildman–Crippen MR) is 58.5 cm³/mol. The second-order valence-electron chi connectivity index (χ2n) is 3.41. The summed E-state index contributed by atoms with van der Waals surface area (Å²) in [5, 5.41) is 7.83. The van der Waals surface area contributed by atoms with E-state index in [-0.39, 0.29) is 0 Å². The molecule has 0 radical (unpaired) electrons. The molecule has 0 amide bonds. The lowest BCUT2D eigenvalue weighted by atomic mass is 10.2. The average Bonchev–Trinajstić information content (AvgIpc) is 2.66. The molecule has 0 aliphatic heterocycles. The van der Waals surface area contributed by atoms with Crippen LogP contribution >= 0.6 is 0 Å². The van der Waals surface area contributed by atoms with Gasteiger partial charge >= 0.3 is 6.01 Å². The summed E-state index contributed by atoms with van der Waals surface area (Å²) in [5.41, 5.74) is 7.17. The number of hydrogen-bond donors (Lipinski definition) is 1. The SMILES string of the molecule is CN(C)c1nnc(-c2cccc(N)c2)o1. The van der Waals surface area contributed by atoms with E-state index in [0.717, 1.165) is 5.56 Å². The van der Waals surface area contributed by atoms with E-state index in [1.807, 2.05) is 32.3 Å². The Kier molecular flexibility index (Phi) is 2.29. The molecule has 2 rings (SSSR count). The van der Waals surface area contributed by atoms with Gasteiger partial charge in [0.25, 0.3) is 0 Å². The molecule has 0 bridgehead atoms. The highest BCUT2D eigenvalue weighted by Crippen LogP contribution is 2.22. The van der Waals surface area contributed by atoms with Gasteiger partial charge in [0.2, 0.25) is 5.89 Å². The van der Waals surface area contributed by atoms with Gasteiger partial charge in [-0.05, 0) is 18.2 Å². The van der Waals surface area contributed by atoms with Crippen LogP contribution in [0.25, 0.3) is 11.5 Å². The van der Waals surface area contributed by atoms with Crippen LogP contribution in [0.4, 0.5) is 11.7 Å². The van der Waals surface area contributed by atoms with Crippen molar-refractivity contribution in [3.63, 3.8) is 0 Å². The summed E-state index contributed by atoms with van der Waals surface area (Å²) in [4.78, 5) is 1.75. The lowest BCUT2D eigenvalue weighted by Gasteiger charge is -2.02. The molecule has 2 aromatic rings. The third-order valence-electron chi connectivity index (χ3n) is 1.93. The van der Waals surface area contributed by atoms with Gasteiger partial charge in [0.05, 0.1) is 0 Å². The third-order valence-corrected chi connectivity index (χ3v) is 1.93. The highest BCUT2D eigenvalue weighted by molar-refractivity contribution is 5.59. The van der Waals surface area contributed by atoms with Crippen LogP contribution in [-0.2, 0) is 0 Å². The lowest BCUT2D eigenvalue weighted by Crippen LogP contribution is -2.08. The first-order valence-electron chi connectivity index (χ1n) is 4.53. The summed E-state index contributed by atoms with van der Waals surface area (Å²) in [6, 6.07) is 7.82. The van der Waals surface area contributed by atoms with Crippen LogP contribution in [0, 0.1) is 0 Å². The Bertz CT molecular complexity index is 464. The van der Waals surface area contributed by atoms with E-state index in [0.29, 0.717) is 17.6 Å². The molecule has 0 aliphatic carbocycles. The molecule has 0 saturated heterocycles. The smallest absolute Gasteiger partial charge is 0.317 e. The molecule has 78 valence electrons. The number of nitrogens with two attached hydrogens (primary N) is 1. The van der Waals surface area contributed by atoms with Crippen molar-refractivity contribution in [2.75, 3.05) is 24.7 Å². The van der Waals surface area contributed by atoms with Crippen molar-refractivity contribution in [1.82, 2.24) is 10.2 Å². The van der Waals surface area contributed by atoms with Crippen LogP contribution in [0.1, 0.15) is 0 Å². The Morgan fingerprint density at radius 3 is 2.67 bits per heavy atom. The standard InChI is InChI=1S/C10H12N4O/c1-14(2)10-13-12-9(15-10)7-4-3-5-8(11)6-7/h3-6H,11H2,1-2H3. The van der Waals surface area contributed by atoms with Crippen LogP contribution in [0.15, 0.2) is 28.7 Å². The molecule has 1 heterocycles. The highest BCUT2D eigenvalue weighted by atomic mass is 16.4. The first-order chi connectivity index (χ1) is 7.16. The monoisotopic (exact) mass is 204 g/mol. The summed E-state index contributed by atoms with van der Waals surface area (Å²) in [6.45, 7) is 0. The fourth-order valence-corrected chi connectivity index (χ4v) is 1.18. The van der Waals surface area contributed by atoms with Crippen molar-refractivity contribution in [2.45, 2.75) is 0 Å². The number of aromatic nitrogens is 2. The molecule has 0 aliphatic rings. The Morgan fingerprint density at radius 1 is 1.27 bits per heavy atom. The summed E-state index contributed by atoms with van der Waals surface area (Å²) in [5.74, 6) is 0.478. The molecule has 0 fully saturated rings. The zero-order valence-corrected chi connectivity index (χ0v) is 8.64. The van der Waals surface area contributed by atoms with Gasteiger partial charge in [-0.25, -0.2) is 0 Å². The Balaban J connectivity index is 2.37. The Hall–Kier alpha value is -2.04. The Labute approximate surface area is 87.5 Å².